The summed E-state index contributed by atoms with van der Waals surface area (Å²) in [7, 11) is 1.34. The van der Waals surface area contributed by atoms with Crippen LogP contribution in [0.3, 0.4) is 0 Å². The number of hydroxylamine groups is 1. The van der Waals surface area contributed by atoms with E-state index in [1.54, 1.807) is 5.48 Å². The van der Waals surface area contributed by atoms with Crippen molar-refractivity contribution in [3.8, 4) is 0 Å². The summed E-state index contributed by atoms with van der Waals surface area (Å²) in [4.78, 5) is 13.1. The molecule has 0 saturated heterocycles. The number of nitrogens with one attached hydrogen (secondary N) is 1. The maximum absolute atomic E-state index is 9.04. The van der Waals surface area contributed by atoms with Gasteiger partial charge < -0.3 is 15.1 Å². The zero-order chi connectivity index (χ0) is 4.12. The summed E-state index contributed by atoms with van der Waals surface area (Å²) in [6.07, 6.45) is 1.30. The van der Waals surface area contributed by atoms with E-state index in [1.165, 1.54) is 13.5 Å². The van der Waals surface area contributed by atoms with E-state index < -0.39 is 0 Å². The van der Waals surface area contributed by atoms with Crippen LogP contribution in [0.2, 0.25) is 0 Å². The Morgan fingerprint density at radius 1 is 1.71 bits per heavy atom. The normalized spacial score (nSPS) is 4.71. The van der Waals surface area contributed by atoms with Crippen LogP contribution in [0.1, 0.15) is 0 Å². The molecule has 1 N–H and O–H groups in total. The van der Waals surface area contributed by atoms with Gasteiger partial charge in [0.15, 0.2) is 0 Å². The molecule has 0 aromatic rings. The number of amides is 1. The minimum atomic E-state index is 0. The molecule has 0 aromatic carbocycles. The molecule has 1 amide bonds. The maximum atomic E-state index is 9.04. The average molecular weight is 347 g/mol. The third-order valence-corrected chi connectivity index (χ3v) is 0.144. The van der Waals surface area contributed by atoms with Gasteiger partial charge in [0.1, 0.15) is 0 Å². The SMILES string of the molecule is CON[C-]=O.[W].[Y]. The van der Waals surface area contributed by atoms with Crippen LogP contribution < -0.4 is 5.48 Å². The van der Waals surface area contributed by atoms with E-state index in [-0.39, 0.29) is 53.8 Å². The van der Waals surface area contributed by atoms with Crippen LogP contribution in [0.5, 0.6) is 0 Å². The fourth-order valence-electron chi connectivity index (χ4n) is 0.0417. The van der Waals surface area contributed by atoms with Crippen molar-refractivity contribution in [2.24, 2.45) is 0 Å². The maximum Gasteiger partial charge on any atom is 0.0601 e. The zero-order valence-electron chi connectivity index (χ0n) is 3.80. The number of carbonyl (C=O) groups excluding carboxylic acids is 1. The molecule has 0 bridgehead atoms. The fraction of sp³-hybridized carbons (Fsp3) is 0.500. The second kappa shape index (κ2) is 15.7. The number of hydrogen-bond acceptors (Lipinski definition) is 2. The summed E-state index contributed by atoms with van der Waals surface area (Å²) in [5.74, 6) is 0. The second-order valence-corrected chi connectivity index (χ2v) is 0.408. The Morgan fingerprint density at radius 2 is 2.14 bits per heavy atom. The monoisotopic (exact) mass is 347 g/mol. The number of hydrogen-bond donors (Lipinski definition) is 1. The van der Waals surface area contributed by atoms with E-state index in [4.69, 9.17) is 4.79 Å². The predicted molar refractivity (Wildman–Crippen MR) is 15.8 cm³/mol. The van der Waals surface area contributed by atoms with E-state index in [2.05, 4.69) is 4.84 Å². The van der Waals surface area contributed by atoms with Gasteiger partial charge in [-0.3, -0.25) is 0 Å². The molecule has 3 nitrogen and oxygen atoms in total. The Labute approximate surface area is 81.7 Å². The third-order valence-electron chi connectivity index (χ3n) is 0.144. The van der Waals surface area contributed by atoms with Crippen LogP contribution in [0.4, 0.5) is 0 Å². The smallest absolute Gasteiger partial charge is 0.0601 e. The summed E-state index contributed by atoms with van der Waals surface area (Å²) < 4.78 is 0. The van der Waals surface area contributed by atoms with E-state index in [0.29, 0.717) is 0 Å². The summed E-state index contributed by atoms with van der Waals surface area (Å²) in [6.45, 7) is 0. The quantitative estimate of drug-likeness (QED) is 0.404. The third kappa shape index (κ3) is 19.0. The molecule has 0 heterocycles. The standard InChI is InChI=1S/C2H4NO2.W.Y/c1-5-3-2-4;;/h1H3,(H,3,4);;/q-1;;. The molecule has 0 aliphatic heterocycles. The molecular weight excluding hydrogens is 343 g/mol. The Hall–Kier alpha value is 1.22. The second-order valence-electron chi connectivity index (χ2n) is 0.408. The van der Waals surface area contributed by atoms with Gasteiger partial charge in [0, 0.05) is 53.8 Å². The van der Waals surface area contributed by atoms with Gasteiger partial charge in [0.25, 0.3) is 0 Å². The summed E-state index contributed by atoms with van der Waals surface area (Å²) in [5.41, 5.74) is 1.81. The Balaban J connectivity index is -0.0000000800. The van der Waals surface area contributed by atoms with Crippen LogP contribution in [0, 0.1) is 0 Å². The Bertz CT molecular complexity index is 36.9. The topological polar surface area (TPSA) is 38.3 Å². The molecule has 0 aliphatic rings. The van der Waals surface area contributed by atoms with Crippen molar-refractivity contribution in [1.29, 1.82) is 0 Å². The average Bonchev–Trinajstić information content (AvgIpc) is 1.41. The van der Waals surface area contributed by atoms with Gasteiger partial charge in [-0.15, -0.1) is 6.41 Å². The van der Waals surface area contributed by atoms with Gasteiger partial charge >= 0.3 is 0 Å². The van der Waals surface area contributed by atoms with Crippen molar-refractivity contribution in [1.82, 2.24) is 5.48 Å². The first-order valence-electron chi connectivity index (χ1n) is 1.07. The van der Waals surface area contributed by atoms with Crippen LogP contribution in [-0.4, -0.2) is 13.5 Å². The molecule has 39 valence electrons. The van der Waals surface area contributed by atoms with E-state index in [9.17, 15) is 0 Å². The summed E-state index contributed by atoms with van der Waals surface area (Å²) in [6, 6.07) is 0. The molecule has 0 atom stereocenters. The number of rotatable bonds is 2. The van der Waals surface area contributed by atoms with Crippen molar-refractivity contribution in [2.45, 2.75) is 0 Å². The molecule has 1 radical (unpaired) electrons. The molecule has 0 spiro atoms. The van der Waals surface area contributed by atoms with Crippen LogP contribution in [0.15, 0.2) is 0 Å². The van der Waals surface area contributed by atoms with Crippen molar-refractivity contribution in [3.63, 3.8) is 0 Å². The van der Waals surface area contributed by atoms with E-state index in [1.807, 2.05) is 0 Å². The van der Waals surface area contributed by atoms with Crippen molar-refractivity contribution < 1.29 is 63.4 Å². The molecule has 0 saturated carbocycles. The van der Waals surface area contributed by atoms with Gasteiger partial charge in [0.2, 0.25) is 0 Å². The van der Waals surface area contributed by atoms with Gasteiger partial charge in [-0.1, -0.05) is 0 Å². The zero-order valence-corrected chi connectivity index (χ0v) is 9.57. The molecule has 0 unspecified atom stereocenters. The van der Waals surface area contributed by atoms with Crippen molar-refractivity contribution in [3.05, 3.63) is 0 Å². The first-order chi connectivity index (χ1) is 2.41. The molecule has 5 heteroatoms. The van der Waals surface area contributed by atoms with Crippen LogP contribution >= 0.6 is 0 Å². The summed E-state index contributed by atoms with van der Waals surface area (Å²) in [5, 5.41) is 0. The van der Waals surface area contributed by atoms with E-state index >= 15 is 0 Å². The van der Waals surface area contributed by atoms with E-state index in [0.717, 1.165) is 0 Å². The first kappa shape index (κ1) is 15.7. The largest absolute Gasteiger partial charge is 0.518 e. The molecular formula is C2H4NO2WY-. The van der Waals surface area contributed by atoms with Gasteiger partial charge in [0.05, 0.1) is 7.11 Å². The Kier molecular flexibility index (Phi) is 35.2. The molecule has 0 aliphatic carbocycles. The fourth-order valence-corrected chi connectivity index (χ4v) is 0.0417. The molecule has 7 heavy (non-hydrogen) atoms. The molecule has 0 fully saturated rings. The van der Waals surface area contributed by atoms with Crippen molar-refractivity contribution in [2.75, 3.05) is 7.11 Å². The predicted octanol–water partition coefficient (Wildman–Crippen LogP) is -0.800. The minimum Gasteiger partial charge on any atom is -0.518 e. The van der Waals surface area contributed by atoms with Gasteiger partial charge in [-0.05, 0) is 0 Å². The van der Waals surface area contributed by atoms with Crippen LogP contribution in [-0.2, 0) is 63.4 Å². The van der Waals surface area contributed by atoms with Gasteiger partial charge in [-0.2, -0.15) is 0 Å². The minimum absolute atomic E-state index is 0. The first-order valence-corrected chi connectivity index (χ1v) is 1.07. The van der Waals surface area contributed by atoms with Crippen molar-refractivity contribution >= 4 is 6.41 Å². The Morgan fingerprint density at radius 3 is 2.14 bits per heavy atom. The van der Waals surface area contributed by atoms with Gasteiger partial charge in [-0.25, -0.2) is 0 Å². The molecule has 0 aromatic heterocycles. The summed E-state index contributed by atoms with van der Waals surface area (Å²) >= 11 is 0. The van der Waals surface area contributed by atoms with Crippen LogP contribution in [0.25, 0.3) is 0 Å². The molecule has 0 rings (SSSR count).